The highest BCUT2D eigenvalue weighted by molar-refractivity contribution is 5.38. The maximum atomic E-state index is 5.80. The summed E-state index contributed by atoms with van der Waals surface area (Å²) in [6, 6.07) is 1.71. The van der Waals surface area contributed by atoms with Crippen molar-refractivity contribution in [3.8, 4) is 0 Å². The average molecular weight is 353 g/mol. The van der Waals surface area contributed by atoms with Gasteiger partial charge in [0.2, 0.25) is 5.95 Å². The summed E-state index contributed by atoms with van der Waals surface area (Å²) in [5.74, 6) is 4.38. The summed E-state index contributed by atoms with van der Waals surface area (Å²) in [6.07, 6.45) is 7.61. The Balaban J connectivity index is 1.53. The molecule has 1 atom stereocenters. The Labute approximate surface area is 151 Å². The lowest BCUT2D eigenvalue weighted by Gasteiger charge is -2.32. The van der Waals surface area contributed by atoms with E-state index in [-0.39, 0.29) is 0 Å². The molecular weight excluding hydrogens is 330 g/mol. The number of nitrogens with zero attached hydrogens (tertiary/aromatic N) is 8. The van der Waals surface area contributed by atoms with Crippen LogP contribution in [0.15, 0.2) is 24.7 Å². The Morgan fingerprint density at radius 1 is 1.23 bits per heavy atom. The third kappa shape index (κ3) is 3.12. The molecule has 4 heterocycles. The molecule has 9 heteroatoms. The molecule has 26 heavy (non-hydrogen) atoms. The van der Waals surface area contributed by atoms with E-state index in [1.54, 1.807) is 18.5 Å². The first-order chi connectivity index (χ1) is 12.6. The summed E-state index contributed by atoms with van der Waals surface area (Å²) in [5, 5.41) is 8.90. The third-order valence-electron chi connectivity index (χ3n) is 4.97. The normalized spacial score (nSPS) is 17.6. The Bertz CT molecular complexity index is 897. The van der Waals surface area contributed by atoms with Crippen molar-refractivity contribution in [3.05, 3.63) is 42.1 Å². The van der Waals surface area contributed by atoms with Gasteiger partial charge in [-0.1, -0.05) is 0 Å². The highest BCUT2D eigenvalue weighted by Gasteiger charge is 2.27. The minimum Gasteiger partial charge on any atom is -0.384 e. The lowest BCUT2D eigenvalue weighted by atomic mass is 9.97. The van der Waals surface area contributed by atoms with Gasteiger partial charge >= 0.3 is 0 Å². The molecule has 4 rings (SSSR count). The predicted octanol–water partition coefficient (Wildman–Crippen LogP) is 1.12. The van der Waals surface area contributed by atoms with Gasteiger partial charge in [-0.05, 0) is 25.8 Å². The minimum atomic E-state index is 0.295. The molecule has 0 spiro atoms. The Morgan fingerprint density at radius 2 is 2.12 bits per heavy atom. The van der Waals surface area contributed by atoms with E-state index >= 15 is 0 Å². The van der Waals surface area contributed by atoms with Crippen molar-refractivity contribution in [1.82, 2.24) is 34.3 Å². The fourth-order valence-corrected chi connectivity index (χ4v) is 3.48. The summed E-state index contributed by atoms with van der Waals surface area (Å²) in [7, 11) is 2.03. The number of imidazole rings is 1. The van der Waals surface area contributed by atoms with Crippen molar-refractivity contribution >= 4 is 11.8 Å². The Morgan fingerprint density at radius 3 is 2.88 bits per heavy atom. The van der Waals surface area contributed by atoms with E-state index in [9.17, 15) is 0 Å². The van der Waals surface area contributed by atoms with Crippen LogP contribution in [0, 0.1) is 6.92 Å². The molecule has 9 nitrogen and oxygen atoms in total. The maximum absolute atomic E-state index is 5.80. The molecule has 0 saturated carbocycles. The molecule has 0 radical (unpaired) electrons. The molecule has 2 N–H and O–H groups in total. The smallest absolute Gasteiger partial charge is 0.227 e. The molecule has 0 amide bonds. The molecule has 1 saturated heterocycles. The third-order valence-corrected chi connectivity index (χ3v) is 4.97. The highest BCUT2D eigenvalue weighted by Crippen LogP contribution is 2.28. The molecule has 1 aliphatic rings. The number of nitrogen functional groups attached to an aromatic ring is 1. The van der Waals surface area contributed by atoms with Gasteiger partial charge in [-0.15, -0.1) is 10.2 Å². The first-order valence-electron chi connectivity index (χ1n) is 8.81. The van der Waals surface area contributed by atoms with Crippen LogP contribution in [0.4, 0.5) is 11.8 Å². The second-order valence-corrected chi connectivity index (χ2v) is 6.70. The zero-order chi connectivity index (χ0) is 18.1. The molecule has 1 fully saturated rings. The van der Waals surface area contributed by atoms with Gasteiger partial charge in [0, 0.05) is 44.6 Å². The summed E-state index contributed by atoms with van der Waals surface area (Å²) < 4.78 is 4.18. The van der Waals surface area contributed by atoms with Crippen LogP contribution in [0.2, 0.25) is 0 Å². The SMILES string of the molecule is Cc1nccn1Cc1nnc([C@@H]2CCCN(c3nccc(N)n3)C2)n1C. The van der Waals surface area contributed by atoms with Crippen LogP contribution in [0.1, 0.15) is 36.2 Å². The lowest BCUT2D eigenvalue weighted by Crippen LogP contribution is -2.36. The van der Waals surface area contributed by atoms with Crippen molar-refractivity contribution < 1.29 is 0 Å². The van der Waals surface area contributed by atoms with Crippen molar-refractivity contribution in [3.63, 3.8) is 0 Å². The number of aryl methyl sites for hydroxylation is 1. The van der Waals surface area contributed by atoms with Crippen molar-refractivity contribution in [2.75, 3.05) is 23.7 Å². The number of hydrogen-bond acceptors (Lipinski definition) is 7. The van der Waals surface area contributed by atoms with E-state index in [0.717, 1.165) is 43.4 Å². The summed E-state index contributed by atoms with van der Waals surface area (Å²) in [6.45, 7) is 4.41. The number of rotatable bonds is 4. The largest absolute Gasteiger partial charge is 0.384 e. The molecule has 136 valence electrons. The van der Waals surface area contributed by atoms with E-state index in [2.05, 4.69) is 39.2 Å². The van der Waals surface area contributed by atoms with Gasteiger partial charge in [0.15, 0.2) is 5.82 Å². The van der Waals surface area contributed by atoms with E-state index in [4.69, 9.17) is 5.73 Å². The topological polar surface area (TPSA) is 104 Å². The van der Waals surface area contributed by atoms with Gasteiger partial charge in [-0.2, -0.15) is 4.98 Å². The fraction of sp³-hybridized carbons (Fsp3) is 0.471. The van der Waals surface area contributed by atoms with Crippen LogP contribution in [0.25, 0.3) is 0 Å². The lowest BCUT2D eigenvalue weighted by molar-refractivity contribution is 0.473. The average Bonchev–Trinajstić information content (AvgIpc) is 3.22. The summed E-state index contributed by atoms with van der Waals surface area (Å²) >= 11 is 0. The van der Waals surface area contributed by atoms with Gasteiger partial charge in [0.1, 0.15) is 17.5 Å². The minimum absolute atomic E-state index is 0.295. The van der Waals surface area contributed by atoms with Crippen molar-refractivity contribution in [2.45, 2.75) is 32.2 Å². The summed E-state index contributed by atoms with van der Waals surface area (Å²) in [4.78, 5) is 15.2. The van der Waals surface area contributed by atoms with E-state index in [0.29, 0.717) is 24.2 Å². The predicted molar refractivity (Wildman–Crippen MR) is 97.7 cm³/mol. The first-order valence-corrected chi connectivity index (χ1v) is 8.81. The van der Waals surface area contributed by atoms with Gasteiger partial charge in [-0.25, -0.2) is 9.97 Å². The Kier molecular flexibility index (Phi) is 4.27. The molecule has 3 aromatic heterocycles. The van der Waals surface area contributed by atoms with Crippen LogP contribution in [-0.2, 0) is 13.6 Å². The maximum Gasteiger partial charge on any atom is 0.227 e. The zero-order valence-corrected chi connectivity index (χ0v) is 15.1. The first kappa shape index (κ1) is 16.5. The molecular formula is C17H23N9. The van der Waals surface area contributed by atoms with Crippen LogP contribution in [-0.4, -0.2) is 47.4 Å². The molecule has 0 aromatic carbocycles. The van der Waals surface area contributed by atoms with Crippen molar-refractivity contribution in [1.29, 1.82) is 0 Å². The van der Waals surface area contributed by atoms with Crippen LogP contribution >= 0.6 is 0 Å². The van der Waals surface area contributed by atoms with Crippen LogP contribution < -0.4 is 10.6 Å². The standard InChI is InChI=1S/C17H23N9/c1-12-19-7-9-25(12)11-15-22-23-16(24(15)2)13-4-3-8-26(10-13)17-20-6-5-14(18)21-17/h5-7,9,13H,3-4,8,10-11H2,1-2H3,(H2,18,20,21)/t13-/m1/s1. The van der Waals surface area contributed by atoms with Gasteiger partial charge in [0.05, 0.1) is 6.54 Å². The number of piperidine rings is 1. The zero-order valence-electron chi connectivity index (χ0n) is 15.1. The number of aromatic nitrogens is 7. The highest BCUT2D eigenvalue weighted by atomic mass is 15.3. The molecule has 0 bridgehead atoms. The molecule has 0 aliphatic carbocycles. The summed E-state index contributed by atoms with van der Waals surface area (Å²) in [5.41, 5.74) is 5.80. The second-order valence-electron chi connectivity index (χ2n) is 6.70. The van der Waals surface area contributed by atoms with Crippen molar-refractivity contribution in [2.24, 2.45) is 7.05 Å². The number of nitrogens with two attached hydrogens (primary N) is 1. The van der Waals surface area contributed by atoms with Gasteiger partial charge < -0.3 is 19.8 Å². The number of anilines is 2. The second kappa shape index (κ2) is 6.74. The van der Waals surface area contributed by atoms with E-state index in [1.807, 2.05) is 20.2 Å². The Hall–Kier alpha value is -2.97. The van der Waals surface area contributed by atoms with Gasteiger partial charge in [-0.3, -0.25) is 0 Å². The van der Waals surface area contributed by atoms with E-state index < -0.39 is 0 Å². The number of hydrogen-bond donors (Lipinski definition) is 1. The molecule has 1 aliphatic heterocycles. The van der Waals surface area contributed by atoms with Crippen LogP contribution in [0.3, 0.4) is 0 Å². The monoisotopic (exact) mass is 353 g/mol. The molecule has 0 unspecified atom stereocenters. The van der Waals surface area contributed by atoms with Gasteiger partial charge in [0.25, 0.3) is 0 Å². The fourth-order valence-electron chi connectivity index (χ4n) is 3.48. The quantitative estimate of drug-likeness (QED) is 0.749. The molecule has 3 aromatic rings. The van der Waals surface area contributed by atoms with E-state index in [1.165, 1.54) is 0 Å². The van der Waals surface area contributed by atoms with Crippen LogP contribution in [0.5, 0.6) is 0 Å².